The van der Waals surface area contributed by atoms with Gasteiger partial charge in [0.25, 0.3) is 0 Å². The third kappa shape index (κ3) is 2.69. The Kier molecular flexibility index (Phi) is 3.61. The van der Waals surface area contributed by atoms with Gasteiger partial charge >= 0.3 is 0 Å². The van der Waals surface area contributed by atoms with Crippen LogP contribution in [0.25, 0.3) is 0 Å². The quantitative estimate of drug-likeness (QED) is 0.698. The summed E-state index contributed by atoms with van der Waals surface area (Å²) in [6, 6.07) is 0. The summed E-state index contributed by atoms with van der Waals surface area (Å²) in [5.41, 5.74) is 0. The zero-order valence-corrected chi connectivity index (χ0v) is 9.64. The third-order valence-electron chi connectivity index (χ3n) is 3.24. The van der Waals surface area contributed by atoms with E-state index >= 15 is 0 Å². The lowest BCUT2D eigenvalue weighted by molar-refractivity contribution is -0.176. The number of ether oxygens (including phenoxy) is 4. The molecule has 0 aromatic carbocycles. The summed E-state index contributed by atoms with van der Waals surface area (Å²) in [6.45, 7) is 7.20. The molecule has 0 aromatic rings. The van der Waals surface area contributed by atoms with Crippen LogP contribution in [0.15, 0.2) is 0 Å². The fourth-order valence-corrected chi connectivity index (χ4v) is 1.97. The molecule has 2 fully saturated rings. The third-order valence-corrected chi connectivity index (χ3v) is 3.24. The second kappa shape index (κ2) is 4.78. The molecule has 2 heterocycles. The van der Waals surface area contributed by atoms with Gasteiger partial charge in [-0.15, -0.1) is 0 Å². The molecule has 0 bridgehead atoms. The van der Waals surface area contributed by atoms with Gasteiger partial charge in [-0.05, 0) is 20.8 Å². The molecule has 0 saturated carbocycles. The molecule has 0 aromatic heterocycles. The Bertz CT molecular complexity index is 209. The SMILES string of the molecule is C[C@@H]1OCC(C[C@H]2OCO[C@H]2C)O[C@@H]1C. The van der Waals surface area contributed by atoms with E-state index in [2.05, 4.69) is 0 Å². The molecule has 0 aliphatic carbocycles. The first-order chi connectivity index (χ1) is 7.16. The van der Waals surface area contributed by atoms with Crippen LogP contribution >= 0.6 is 0 Å². The molecule has 88 valence electrons. The van der Waals surface area contributed by atoms with Gasteiger partial charge in [-0.1, -0.05) is 0 Å². The van der Waals surface area contributed by atoms with Gasteiger partial charge in [0.05, 0.1) is 37.1 Å². The summed E-state index contributed by atoms with van der Waals surface area (Å²) in [7, 11) is 0. The van der Waals surface area contributed by atoms with Crippen molar-refractivity contribution in [1.82, 2.24) is 0 Å². The van der Waals surface area contributed by atoms with Gasteiger partial charge in [-0.25, -0.2) is 0 Å². The van der Waals surface area contributed by atoms with Crippen LogP contribution in [0.5, 0.6) is 0 Å². The smallest absolute Gasteiger partial charge is 0.147 e. The molecule has 2 aliphatic heterocycles. The first-order valence-corrected chi connectivity index (χ1v) is 5.67. The van der Waals surface area contributed by atoms with Crippen LogP contribution in [-0.2, 0) is 18.9 Å². The first kappa shape index (κ1) is 11.3. The first-order valence-electron chi connectivity index (χ1n) is 5.67. The molecule has 0 N–H and O–H groups in total. The van der Waals surface area contributed by atoms with Gasteiger partial charge < -0.3 is 18.9 Å². The van der Waals surface area contributed by atoms with Crippen molar-refractivity contribution in [2.75, 3.05) is 13.4 Å². The van der Waals surface area contributed by atoms with Gasteiger partial charge in [-0.3, -0.25) is 0 Å². The maximum Gasteiger partial charge on any atom is 0.147 e. The van der Waals surface area contributed by atoms with Crippen LogP contribution in [0.4, 0.5) is 0 Å². The Morgan fingerprint density at radius 2 is 1.73 bits per heavy atom. The van der Waals surface area contributed by atoms with E-state index in [0.29, 0.717) is 13.4 Å². The van der Waals surface area contributed by atoms with Crippen LogP contribution in [-0.4, -0.2) is 43.9 Å². The Hall–Kier alpha value is -0.160. The van der Waals surface area contributed by atoms with Crippen molar-refractivity contribution < 1.29 is 18.9 Å². The molecular weight excluding hydrogens is 196 g/mol. The standard InChI is InChI=1S/C11H20O4/c1-7-8(2)15-10(5-12-7)4-11-9(3)13-6-14-11/h7-11H,4-6H2,1-3H3/t7-,8+,9-,10?,11+/m0/s1. The van der Waals surface area contributed by atoms with Gasteiger partial charge in [-0.2, -0.15) is 0 Å². The van der Waals surface area contributed by atoms with E-state index in [-0.39, 0.29) is 30.5 Å². The summed E-state index contributed by atoms with van der Waals surface area (Å²) < 4.78 is 22.3. The lowest BCUT2D eigenvalue weighted by Gasteiger charge is -2.34. The summed E-state index contributed by atoms with van der Waals surface area (Å²) in [4.78, 5) is 0. The largest absolute Gasteiger partial charge is 0.373 e. The molecule has 5 atom stereocenters. The molecule has 4 nitrogen and oxygen atoms in total. The van der Waals surface area contributed by atoms with Crippen LogP contribution in [0.3, 0.4) is 0 Å². The number of hydrogen-bond donors (Lipinski definition) is 0. The normalized spacial score (nSPS) is 47.0. The Morgan fingerprint density at radius 1 is 0.933 bits per heavy atom. The Morgan fingerprint density at radius 3 is 2.33 bits per heavy atom. The monoisotopic (exact) mass is 216 g/mol. The highest BCUT2D eigenvalue weighted by atomic mass is 16.7. The van der Waals surface area contributed by atoms with Gasteiger partial charge in [0.1, 0.15) is 6.79 Å². The van der Waals surface area contributed by atoms with E-state index < -0.39 is 0 Å². The summed E-state index contributed by atoms with van der Waals surface area (Å²) in [5.74, 6) is 0. The average molecular weight is 216 g/mol. The lowest BCUT2D eigenvalue weighted by Crippen LogP contribution is -2.42. The lowest BCUT2D eigenvalue weighted by atomic mass is 10.1. The molecule has 2 aliphatic rings. The van der Waals surface area contributed by atoms with Crippen LogP contribution in [0.2, 0.25) is 0 Å². The minimum absolute atomic E-state index is 0.144. The summed E-state index contributed by atoms with van der Waals surface area (Å²) in [5, 5.41) is 0. The predicted octanol–water partition coefficient (Wildman–Crippen LogP) is 1.33. The minimum atomic E-state index is 0.144. The molecule has 2 saturated heterocycles. The summed E-state index contributed by atoms with van der Waals surface area (Å²) >= 11 is 0. The molecular formula is C11H20O4. The highest BCUT2D eigenvalue weighted by Crippen LogP contribution is 2.23. The second-order valence-electron chi connectivity index (χ2n) is 4.43. The average Bonchev–Trinajstić information content (AvgIpc) is 2.59. The predicted molar refractivity (Wildman–Crippen MR) is 54.7 cm³/mol. The Balaban J connectivity index is 1.80. The van der Waals surface area contributed by atoms with E-state index in [0.717, 1.165) is 6.42 Å². The zero-order valence-electron chi connectivity index (χ0n) is 9.64. The van der Waals surface area contributed by atoms with E-state index in [9.17, 15) is 0 Å². The maximum atomic E-state index is 5.85. The summed E-state index contributed by atoms with van der Waals surface area (Å²) in [6.07, 6.45) is 1.69. The highest BCUT2D eigenvalue weighted by Gasteiger charge is 2.32. The fraction of sp³-hybridized carbons (Fsp3) is 1.00. The zero-order chi connectivity index (χ0) is 10.8. The van der Waals surface area contributed by atoms with Gasteiger partial charge in [0.2, 0.25) is 0 Å². The molecule has 2 rings (SSSR count). The van der Waals surface area contributed by atoms with E-state index in [4.69, 9.17) is 18.9 Å². The maximum absolute atomic E-state index is 5.85. The van der Waals surface area contributed by atoms with Crippen molar-refractivity contribution in [1.29, 1.82) is 0 Å². The Labute approximate surface area is 90.8 Å². The van der Waals surface area contributed by atoms with Crippen LogP contribution < -0.4 is 0 Å². The number of hydrogen-bond acceptors (Lipinski definition) is 4. The van der Waals surface area contributed by atoms with E-state index in [1.807, 2.05) is 20.8 Å². The molecule has 0 spiro atoms. The van der Waals surface area contributed by atoms with Gasteiger partial charge in [0, 0.05) is 6.42 Å². The molecule has 4 heteroatoms. The van der Waals surface area contributed by atoms with E-state index in [1.54, 1.807) is 0 Å². The van der Waals surface area contributed by atoms with Gasteiger partial charge in [0.15, 0.2) is 0 Å². The van der Waals surface area contributed by atoms with Crippen molar-refractivity contribution in [3.05, 3.63) is 0 Å². The number of rotatable bonds is 2. The van der Waals surface area contributed by atoms with Crippen molar-refractivity contribution in [3.63, 3.8) is 0 Å². The van der Waals surface area contributed by atoms with Crippen molar-refractivity contribution in [2.45, 2.75) is 57.7 Å². The fourth-order valence-electron chi connectivity index (χ4n) is 1.97. The van der Waals surface area contributed by atoms with E-state index in [1.165, 1.54) is 0 Å². The van der Waals surface area contributed by atoms with Crippen molar-refractivity contribution in [3.8, 4) is 0 Å². The highest BCUT2D eigenvalue weighted by molar-refractivity contribution is 4.78. The van der Waals surface area contributed by atoms with Crippen molar-refractivity contribution in [2.24, 2.45) is 0 Å². The molecule has 15 heavy (non-hydrogen) atoms. The molecule has 1 unspecified atom stereocenters. The molecule has 0 amide bonds. The minimum Gasteiger partial charge on any atom is -0.373 e. The van der Waals surface area contributed by atoms with Crippen LogP contribution in [0.1, 0.15) is 27.2 Å². The van der Waals surface area contributed by atoms with Crippen molar-refractivity contribution >= 4 is 0 Å². The van der Waals surface area contributed by atoms with Crippen LogP contribution in [0, 0.1) is 0 Å². The molecule has 0 radical (unpaired) electrons. The second-order valence-corrected chi connectivity index (χ2v) is 4.43. The topological polar surface area (TPSA) is 36.9 Å².